The van der Waals surface area contributed by atoms with Crippen molar-refractivity contribution >= 4 is 0 Å². The van der Waals surface area contributed by atoms with E-state index in [2.05, 4.69) is 37.7 Å². The number of H-pyrrole nitrogens is 1. The van der Waals surface area contributed by atoms with Crippen LogP contribution in [0.15, 0.2) is 6.33 Å². The molecule has 0 radical (unpaired) electrons. The minimum absolute atomic E-state index is 0.408. The maximum Gasteiger partial charge on any atom is 0.0925 e. The first kappa shape index (κ1) is 9.30. The molecule has 0 atom stereocenters. The van der Waals surface area contributed by atoms with E-state index in [1.165, 1.54) is 17.8 Å². The summed E-state index contributed by atoms with van der Waals surface area (Å²) in [6, 6.07) is 0. The van der Waals surface area contributed by atoms with Crippen LogP contribution in [-0.4, -0.2) is 9.97 Å². The van der Waals surface area contributed by atoms with Gasteiger partial charge in [-0.3, -0.25) is 0 Å². The van der Waals surface area contributed by atoms with Crippen molar-refractivity contribution in [1.82, 2.24) is 9.97 Å². The molecule has 0 amide bonds. The average Bonchev–Trinajstić information content (AvgIpc) is 2.29. The molecular formula is C10H18N2. The Kier molecular flexibility index (Phi) is 2.55. The zero-order chi connectivity index (χ0) is 9.19. The second-order valence-electron chi connectivity index (χ2n) is 4.53. The molecule has 0 saturated heterocycles. The maximum atomic E-state index is 4.26. The quantitative estimate of drug-likeness (QED) is 0.719. The van der Waals surface area contributed by atoms with Gasteiger partial charge in [-0.2, -0.15) is 0 Å². The van der Waals surface area contributed by atoms with Gasteiger partial charge >= 0.3 is 0 Å². The minimum Gasteiger partial charge on any atom is -0.348 e. The first-order valence-electron chi connectivity index (χ1n) is 4.48. The SMILES string of the molecule is Cc1[nH]cnc1CCC(C)(C)C. The Morgan fingerprint density at radius 1 is 1.42 bits per heavy atom. The van der Waals surface area contributed by atoms with E-state index in [1.807, 2.05) is 0 Å². The van der Waals surface area contributed by atoms with Crippen molar-refractivity contribution in [2.75, 3.05) is 0 Å². The van der Waals surface area contributed by atoms with E-state index in [4.69, 9.17) is 0 Å². The third-order valence-corrected chi connectivity index (χ3v) is 2.05. The lowest BCUT2D eigenvalue weighted by molar-refractivity contribution is 0.376. The van der Waals surface area contributed by atoms with E-state index >= 15 is 0 Å². The van der Waals surface area contributed by atoms with E-state index in [0.717, 1.165) is 6.42 Å². The summed E-state index contributed by atoms with van der Waals surface area (Å²) in [6.45, 7) is 8.85. The molecule has 0 aromatic carbocycles. The van der Waals surface area contributed by atoms with Gasteiger partial charge in [0.2, 0.25) is 0 Å². The lowest BCUT2D eigenvalue weighted by Crippen LogP contribution is -2.06. The molecule has 1 aromatic rings. The van der Waals surface area contributed by atoms with Crippen molar-refractivity contribution in [3.63, 3.8) is 0 Å². The number of imidazole rings is 1. The van der Waals surface area contributed by atoms with Gasteiger partial charge < -0.3 is 4.98 Å². The van der Waals surface area contributed by atoms with Gasteiger partial charge in [-0.1, -0.05) is 20.8 Å². The Hall–Kier alpha value is -0.790. The van der Waals surface area contributed by atoms with Gasteiger partial charge in [-0.25, -0.2) is 4.98 Å². The molecule has 2 nitrogen and oxygen atoms in total. The van der Waals surface area contributed by atoms with E-state index in [0.29, 0.717) is 5.41 Å². The van der Waals surface area contributed by atoms with Gasteiger partial charge in [0.1, 0.15) is 0 Å². The molecule has 0 spiro atoms. The molecule has 0 aliphatic heterocycles. The number of nitrogens with one attached hydrogen (secondary N) is 1. The molecule has 0 unspecified atom stereocenters. The zero-order valence-corrected chi connectivity index (χ0v) is 8.44. The summed E-state index contributed by atoms with van der Waals surface area (Å²) < 4.78 is 0. The number of hydrogen-bond acceptors (Lipinski definition) is 1. The Bertz CT molecular complexity index is 243. The van der Waals surface area contributed by atoms with E-state index in [-0.39, 0.29) is 0 Å². The number of aromatic nitrogens is 2. The van der Waals surface area contributed by atoms with Crippen molar-refractivity contribution in [2.24, 2.45) is 5.41 Å². The summed E-state index contributed by atoms with van der Waals surface area (Å²) in [7, 11) is 0. The van der Waals surface area contributed by atoms with Crippen molar-refractivity contribution in [3.8, 4) is 0 Å². The Morgan fingerprint density at radius 2 is 2.08 bits per heavy atom. The Labute approximate surface area is 74.4 Å². The molecule has 0 aliphatic carbocycles. The fourth-order valence-electron chi connectivity index (χ4n) is 1.13. The molecular weight excluding hydrogens is 148 g/mol. The largest absolute Gasteiger partial charge is 0.348 e. The van der Waals surface area contributed by atoms with Gasteiger partial charge in [0.05, 0.1) is 12.0 Å². The lowest BCUT2D eigenvalue weighted by atomic mass is 9.90. The van der Waals surface area contributed by atoms with Crippen LogP contribution < -0.4 is 0 Å². The van der Waals surface area contributed by atoms with Crippen LogP contribution in [0.4, 0.5) is 0 Å². The highest BCUT2D eigenvalue weighted by atomic mass is 14.9. The van der Waals surface area contributed by atoms with Gasteiger partial charge in [0, 0.05) is 5.69 Å². The number of aryl methyl sites for hydroxylation is 2. The molecule has 1 rings (SSSR count). The Balaban J connectivity index is 2.49. The third-order valence-electron chi connectivity index (χ3n) is 2.05. The summed E-state index contributed by atoms with van der Waals surface area (Å²) in [6.07, 6.45) is 4.05. The van der Waals surface area contributed by atoms with Crippen molar-refractivity contribution in [2.45, 2.75) is 40.5 Å². The predicted octanol–water partition coefficient (Wildman–Crippen LogP) is 2.70. The van der Waals surface area contributed by atoms with Gasteiger partial charge in [0.15, 0.2) is 0 Å². The normalized spacial score (nSPS) is 12.0. The molecule has 1 heterocycles. The maximum absolute atomic E-state index is 4.26. The summed E-state index contributed by atoms with van der Waals surface area (Å²) >= 11 is 0. The molecule has 0 saturated carbocycles. The zero-order valence-electron chi connectivity index (χ0n) is 8.44. The number of aromatic amines is 1. The third kappa shape index (κ3) is 2.68. The molecule has 0 aliphatic rings. The second kappa shape index (κ2) is 3.30. The molecule has 0 fully saturated rings. The molecule has 0 bridgehead atoms. The van der Waals surface area contributed by atoms with Crippen molar-refractivity contribution in [1.29, 1.82) is 0 Å². The summed E-state index contributed by atoms with van der Waals surface area (Å²) in [5.74, 6) is 0. The number of nitrogens with zero attached hydrogens (tertiary/aromatic N) is 1. The van der Waals surface area contributed by atoms with Crippen molar-refractivity contribution in [3.05, 3.63) is 17.7 Å². The van der Waals surface area contributed by atoms with Gasteiger partial charge in [-0.05, 0) is 25.2 Å². The van der Waals surface area contributed by atoms with Crippen LogP contribution in [0.3, 0.4) is 0 Å². The Morgan fingerprint density at radius 3 is 2.50 bits per heavy atom. The fourth-order valence-corrected chi connectivity index (χ4v) is 1.13. The van der Waals surface area contributed by atoms with Crippen LogP contribution in [-0.2, 0) is 6.42 Å². The summed E-state index contributed by atoms with van der Waals surface area (Å²) in [4.78, 5) is 7.36. The van der Waals surface area contributed by atoms with Crippen LogP contribution in [0.2, 0.25) is 0 Å². The van der Waals surface area contributed by atoms with Gasteiger partial charge in [-0.15, -0.1) is 0 Å². The molecule has 68 valence electrons. The van der Waals surface area contributed by atoms with E-state index in [9.17, 15) is 0 Å². The second-order valence-corrected chi connectivity index (χ2v) is 4.53. The molecule has 12 heavy (non-hydrogen) atoms. The van der Waals surface area contributed by atoms with Crippen LogP contribution >= 0.6 is 0 Å². The standard InChI is InChI=1S/C10H18N2/c1-8-9(12-7-11-8)5-6-10(2,3)4/h7H,5-6H2,1-4H3,(H,11,12). The predicted molar refractivity (Wildman–Crippen MR) is 51.1 cm³/mol. The monoisotopic (exact) mass is 166 g/mol. The first-order valence-corrected chi connectivity index (χ1v) is 4.48. The minimum atomic E-state index is 0.408. The number of rotatable bonds is 2. The topological polar surface area (TPSA) is 28.7 Å². The fraction of sp³-hybridized carbons (Fsp3) is 0.700. The van der Waals surface area contributed by atoms with Crippen LogP contribution in [0.1, 0.15) is 38.6 Å². The van der Waals surface area contributed by atoms with E-state index < -0.39 is 0 Å². The highest BCUT2D eigenvalue weighted by Crippen LogP contribution is 2.21. The summed E-state index contributed by atoms with van der Waals surface area (Å²) in [5, 5.41) is 0. The highest BCUT2D eigenvalue weighted by Gasteiger charge is 2.11. The van der Waals surface area contributed by atoms with E-state index in [1.54, 1.807) is 6.33 Å². The van der Waals surface area contributed by atoms with Crippen LogP contribution in [0, 0.1) is 12.3 Å². The molecule has 1 aromatic heterocycles. The lowest BCUT2D eigenvalue weighted by Gasteiger charge is -2.16. The average molecular weight is 166 g/mol. The smallest absolute Gasteiger partial charge is 0.0925 e. The van der Waals surface area contributed by atoms with Crippen LogP contribution in [0.25, 0.3) is 0 Å². The summed E-state index contributed by atoms with van der Waals surface area (Å²) in [5.41, 5.74) is 2.83. The van der Waals surface area contributed by atoms with Crippen molar-refractivity contribution < 1.29 is 0 Å². The molecule has 2 heteroatoms. The number of hydrogen-bond donors (Lipinski definition) is 1. The van der Waals surface area contributed by atoms with Gasteiger partial charge in [0.25, 0.3) is 0 Å². The first-order chi connectivity index (χ1) is 5.49. The highest BCUT2D eigenvalue weighted by molar-refractivity contribution is 5.08. The molecule has 1 N–H and O–H groups in total. The van der Waals surface area contributed by atoms with Crippen LogP contribution in [0.5, 0.6) is 0 Å².